The van der Waals surface area contributed by atoms with E-state index in [4.69, 9.17) is 10.5 Å². The number of ether oxygens (including phenoxy) is 1. The van der Waals surface area contributed by atoms with E-state index < -0.39 is 17.6 Å². The third-order valence-corrected chi connectivity index (χ3v) is 4.68. The van der Waals surface area contributed by atoms with E-state index in [2.05, 4.69) is 20.6 Å². The van der Waals surface area contributed by atoms with Crippen molar-refractivity contribution < 1.29 is 18.7 Å². The Kier molecular flexibility index (Phi) is 4.78. The van der Waals surface area contributed by atoms with Gasteiger partial charge < -0.3 is 26.0 Å². The van der Waals surface area contributed by atoms with Crippen molar-refractivity contribution in [2.75, 3.05) is 47.6 Å². The van der Waals surface area contributed by atoms with Crippen LogP contribution in [-0.4, -0.2) is 48.1 Å². The minimum Gasteiger partial charge on any atom is -0.383 e. The molecule has 0 bridgehead atoms. The lowest BCUT2D eigenvalue weighted by Crippen LogP contribution is -2.38. The van der Waals surface area contributed by atoms with Crippen LogP contribution in [0.3, 0.4) is 0 Å². The number of hydrogen-bond acceptors (Lipinski definition) is 7. The summed E-state index contributed by atoms with van der Waals surface area (Å²) in [5.74, 6) is -1.24. The molecule has 10 heteroatoms. The molecule has 0 unspecified atom stereocenters. The van der Waals surface area contributed by atoms with Crippen molar-refractivity contribution in [1.29, 1.82) is 0 Å². The Morgan fingerprint density at radius 3 is 2.68 bits per heavy atom. The summed E-state index contributed by atoms with van der Waals surface area (Å²) in [6, 6.07) is 5.36. The molecule has 1 fully saturated rings. The summed E-state index contributed by atoms with van der Waals surface area (Å²) < 4.78 is 18.4. The van der Waals surface area contributed by atoms with E-state index in [1.807, 2.05) is 4.90 Å². The number of hydrogen-bond donors (Lipinski definition) is 3. The fraction of sp³-hybridized carbons (Fsp3) is 0.333. The van der Waals surface area contributed by atoms with Crippen molar-refractivity contribution in [1.82, 2.24) is 9.97 Å². The van der Waals surface area contributed by atoms with Gasteiger partial charge in [-0.1, -0.05) is 0 Å². The molecular weight excluding hydrogens is 367 g/mol. The first-order valence-electron chi connectivity index (χ1n) is 8.87. The maximum absolute atomic E-state index is 13.1. The number of amides is 2. The van der Waals surface area contributed by atoms with E-state index in [-0.39, 0.29) is 24.0 Å². The molecule has 4 N–H and O–H groups in total. The van der Waals surface area contributed by atoms with Crippen molar-refractivity contribution in [2.24, 2.45) is 0 Å². The monoisotopic (exact) mass is 386 g/mol. The van der Waals surface area contributed by atoms with Gasteiger partial charge in [0.05, 0.1) is 24.7 Å². The van der Waals surface area contributed by atoms with Crippen LogP contribution in [0.5, 0.6) is 0 Å². The first kappa shape index (κ1) is 18.1. The summed E-state index contributed by atoms with van der Waals surface area (Å²) >= 11 is 0. The molecule has 0 saturated carbocycles. The molecule has 1 aromatic heterocycles. The highest BCUT2D eigenvalue weighted by atomic mass is 19.1. The Bertz CT molecular complexity index is 914. The summed E-state index contributed by atoms with van der Waals surface area (Å²) in [5, 5.41) is 5.36. The number of aromatic nitrogens is 2. The zero-order valence-corrected chi connectivity index (χ0v) is 14.9. The number of carbonyl (C=O) groups excluding carboxylic acids is 2. The molecule has 2 aliphatic heterocycles. The first-order chi connectivity index (χ1) is 13.5. The number of nitrogens with zero attached hydrogens (tertiary/aromatic N) is 3. The predicted molar refractivity (Wildman–Crippen MR) is 100 cm³/mol. The van der Waals surface area contributed by atoms with Gasteiger partial charge in [0.1, 0.15) is 17.5 Å². The highest BCUT2D eigenvalue weighted by Gasteiger charge is 2.35. The first-order valence-corrected chi connectivity index (χ1v) is 8.87. The van der Waals surface area contributed by atoms with Crippen LogP contribution in [0, 0.1) is 5.82 Å². The molecule has 9 nitrogen and oxygen atoms in total. The van der Waals surface area contributed by atoms with Crippen LogP contribution in [-0.2, 0) is 14.3 Å². The Morgan fingerprint density at radius 1 is 1.25 bits per heavy atom. The molecule has 4 rings (SSSR count). The minimum atomic E-state index is -0.840. The van der Waals surface area contributed by atoms with Crippen LogP contribution >= 0.6 is 0 Å². The SMILES string of the molecule is Nc1nc(N2CCOCC2)nc2c1[C@H](C(=O)Nc1ccc(F)cc1)CC(=O)N2. The molecule has 0 spiro atoms. The highest BCUT2D eigenvalue weighted by Crippen LogP contribution is 2.36. The lowest BCUT2D eigenvalue weighted by Gasteiger charge is -2.30. The van der Waals surface area contributed by atoms with Gasteiger partial charge >= 0.3 is 0 Å². The zero-order valence-electron chi connectivity index (χ0n) is 14.9. The van der Waals surface area contributed by atoms with Crippen LogP contribution < -0.4 is 21.3 Å². The van der Waals surface area contributed by atoms with E-state index in [0.29, 0.717) is 43.5 Å². The Hall–Kier alpha value is -3.27. The molecule has 2 aromatic rings. The van der Waals surface area contributed by atoms with Crippen molar-refractivity contribution >= 4 is 35.1 Å². The number of nitrogens with one attached hydrogen (secondary N) is 2. The van der Waals surface area contributed by atoms with Crippen LogP contribution in [0.15, 0.2) is 24.3 Å². The second kappa shape index (κ2) is 7.39. The maximum atomic E-state index is 13.1. The molecule has 3 heterocycles. The highest BCUT2D eigenvalue weighted by molar-refractivity contribution is 6.05. The van der Waals surface area contributed by atoms with Gasteiger partial charge in [-0.3, -0.25) is 9.59 Å². The molecule has 146 valence electrons. The maximum Gasteiger partial charge on any atom is 0.232 e. The van der Waals surface area contributed by atoms with Gasteiger partial charge in [-0.2, -0.15) is 9.97 Å². The van der Waals surface area contributed by atoms with Crippen molar-refractivity contribution in [3.63, 3.8) is 0 Å². The van der Waals surface area contributed by atoms with Gasteiger partial charge in [-0.05, 0) is 24.3 Å². The standard InChI is InChI=1S/C18H19FN6O3/c19-10-1-3-11(4-2-10)21-17(27)12-9-13(26)22-16-14(12)15(20)23-18(24-16)25-5-7-28-8-6-25/h1-4,12H,5-9H2,(H,21,27)(H3,20,22,23,24,26)/t12-/m1/s1. The Morgan fingerprint density at radius 2 is 1.96 bits per heavy atom. The lowest BCUT2D eigenvalue weighted by molar-refractivity contribution is -0.123. The summed E-state index contributed by atoms with van der Waals surface area (Å²) in [4.78, 5) is 35.6. The zero-order chi connectivity index (χ0) is 19.7. The molecule has 1 atom stereocenters. The lowest BCUT2D eigenvalue weighted by atomic mass is 9.92. The molecule has 28 heavy (non-hydrogen) atoms. The van der Waals surface area contributed by atoms with Gasteiger partial charge in [0.2, 0.25) is 17.8 Å². The number of fused-ring (bicyclic) bond motifs is 1. The Balaban J connectivity index is 1.63. The largest absolute Gasteiger partial charge is 0.383 e. The number of nitrogens with two attached hydrogens (primary N) is 1. The molecular formula is C18H19FN6O3. The minimum absolute atomic E-state index is 0.0789. The molecule has 0 aliphatic carbocycles. The van der Waals surface area contributed by atoms with Gasteiger partial charge in [-0.25, -0.2) is 4.39 Å². The number of anilines is 4. The van der Waals surface area contributed by atoms with E-state index in [1.54, 1.807) is 0 Å². The molecule has 2 amide bonds. The number of morpholine rings is 1. The van der Waals surface area contributed by atoms with Gasteiger partial charge in [0.25, 0.3) is 0 Å². The van der Waals surface area contributed by atoms with Gasteiger partial charge in [-0.15, -0.1) is 0 Å². The second-order valence-electron chi connectivity index (χ2n) is 6.57. The summed E-state index contributed by atoms with van der Waals surface area (Å²) in [5.41, 5.74) is 6.95. The smallest absolute Gasteiger partial charge is 0.232 e. The normalized spacial score (nSPS) is 19.0. The topological polar surface area (TPSA) is 122 Å². The van der Waals surface area contributed by atoms with E-state index in [0.717, 1.165) is 0 Å². The van der Waals surface area contributed by atoms with Crippen molar-refractivity contribution in [2.45, 2.75) is 12.3 Å². The Labute approximate surface area is 160 Å². The number of benzene rings is 1. The van der Waals surface area contributed by atoms with Crippen LogP contribution in [0.1, 0.15) is 17.9 Å². The molecule has 2 aliphatic rings. The fourth-order valence-corrected chi connectivity index (χ4v) is 3.28. The quantitative estimate of drug-likeness (QED) is 0.722. The molecule has 1 saturated heterocycles. The van der Waals surface area contributed by atoms with Crippen LogP contribution in [0.4, 0.5) is 27.7 Å². The van der Waals surface area contributed by atoms with E-state index in [9.17, 15) is 14.0 Å². The van der Waals surface area contributed by atoms with Crippen molar-refractivity contribution in [3.8, 4) is 0 Å². The summed E-state index contributed by atoms with van der Waals surface area (Å²) in [7, 11) is 0. The summed E-state index contributed by atoms with van der Waals surface area (Å²) in [6.07, 6.45) is -0.0789. The van der Waals surface area contributed by atoms with E-state index >= 15 is 0 Å². The second-order valence-corrected chi connectivity index (χ2v) is 6.57. The predicted octanol–water partition coefficient (Wildman–Crippen LogP) is 1.10. The number of nitrogen functional groups attached to an aromatic ring is 1. The van der Waals surface area contributed by atoms with Crippen LogP contribution in [0.2, 0.25) is 0 Å². The number of rotatable bonds is 3. The third kappa shape index (κ3) is 3.58. The van der Waals surface area contributed by atoms with Crippen LogP contribution in [0.25, 0.3) is 0 Å². The molecule has 1 aromatic carbocycles. The van der Waals surface area contributed by atoms with E-state index in [1.165, 1.54) is 24.3 Å². The van der Waals surface area contributed by atoms with Crippen molar-refractivity contribution in [3.05, 3.63) is 35.6 Å². The fourth-order valence-electron chi connectivity index (χ4n) is 3.28. The van der Waals surface area contributed by atoms with Gasteiger partial charge in [0.15, 0.2) is 0 Å². The van der Waals surface area contributed by atoms with Gasteiger partial charge in [0, 0.05) is 25.2 Å². The molecule has 0 radical (unpaired) electrons. The average molecular weight is 386 g/mol. The number of carbonyl (C=O) groups is 2. The third-order valence-electron chi connectivity index (χ3n) is 4.68. The average Bonchev–Trinajstić information content (AvgIpc) is 2.69. The number of halogens is 1. The summed E-state index contributed by atoms with van der Waals surface area (Å²) in [6.45, 7) is 2.33.